The smallest absolute Gasteiger partial charge is 0.289 e. The molecule has 2 atom stereocenters. The lowest BCUT2D eigenvalue weighted by molar-refractivity contribution is -0.387. The van der Waals surface area contributed by atoms with Gasteiger partial charge in [0.1, 0.15) is 0 Å². The van der Waals surface area contributed by atoms with Crippen molar-refractivity contribution >= 4 is 31.6 Å². The van der Waals surface area contributed by atoms with Crippen LogP contribution in [0.2, 0.25) is 0 Å². The van der Waals surface area contributed by atoms with Crippen LogP contribution in [0.15, 0.2) is 27.6 Å². The summed E-state index contributed by atoms with van der Waals surface area (Å²) in [4.78, 5) is 10.0. The first-order valence-corrected chi connectivity index (χ1v) is 8.59. The van der Waals surface area contributed by atoms with Gasteiger partial charge < -0.3 is 5.11 Å². The number of aliphatic hydroxyl groups excluding tert-OH is 1. The van der Waals surface area contributed by atoms with Gasteiger partial charge in [0.2, 0.25) is 10.0 Å². The molecule has 1 saturated heterocycles. The Morgan fingerprint density at radius 3 is 2.71 bits per heavy atom. The minimum atomic E-state index is -3.95. The van der Waals surface area contributed by atoms with Gasteiger partial charge in [0.25, 0.3) is 5.69 Å². The van der Waals surface area contributed by atoms with Gasteiger partial charge in [-0.1, -0.05) is 15.9 Å². The minimum absolute atomic E-state index is 0.147. The molecule has 1 aliphatic rings. The van der Waals surface area contributed by atoms with Crippen LogP contribution in [0.1, 0.15) is 13.3 Å². The van der Waals surface area contributed by atoms with Gasteiger partial charge in [0.05, 0.1) is 11.0 Å². The third-order valence-corrected chi connectivity index (χ3v) is 5.99. The lowest BCUT2D eigenvalue weighted by atomic mass is 10.0. The van der Waals surface area contributed by atoms with E-state index in [1.807, 2.05) is 0 Å². The zero-order valence-electron chi connectivity index (χ0n) is 11.3. The summed E-state index contributed by atoms with van der Waals surface area (Å²) in [5.74, 6) is -0.147. The van der Waals surface area contributed by atoms with Crippen LogP contribution < -0.4 is 0 Å². The Morgan fingerprint density at radius 1 is 1.52 bits per heavy atom. The van der Waals surface area contributed by atoms with Gasteiger partial charge >= 0.3 is 0 Å². The van der Waals surface area contributed by atoms with E-state index >= 15 is 0 Å². The molecule has 1 fully saturated rings. The van der Waals surface area contributed by atoms with Crippen molar-refractivity contribution in [2.45, 2.75) is 24.3 Å². The summed E-state index contributed by atoms with van der Waals surface area (Å²) < 4.78 is 26.8. The summed E-state index contributed by atoms with van der Waals surface area (Å²) in [6.45, 7) is 2.04. The molecule has 1 aromatic rings. The minimum Gasteiger partial charge on any atom is -0.393 e. The average molecular weight is 379 g/mol. The molecule has 21 heavy (non-hydrogen) atoms. The van der Waals surface area contributed by atoms with Gasteiger partial charge in [-0.2, -0.15) is 4.31 Å². The van der Waals surface area contributed by atoms with Gasteiger partial charge in [-0.15, -0.1) is 0 Å². The van der Waals surface area contributed by atoms with E-state index < -0.39 is 26.7 Å². The van der Waals surface area contributed by atoms with E-state index in [1.165, 1.54) is 22.5 Å². The largest absolute Gasteiger partial charge is 0.393 e. The normalized spacial score (nSPS) is 21.4. The lowest BCUT2D eigenvalue weighted by Gasteiger charge is -2.17. The SMILES string of the molecule is CC(O)C1CCN(S(=O)(=O)c2cc(Br)ccc2[N+](=O)[O-])C1. The fraction of sp³-hybridized carbons (Fsp3) is 0.500. The molecule has 0 aliphatic carbocycles. The number of nitro benzene ring substituents is 1. The fourth-order valence-corrected chi connectivity index (χ4v) is 4.56. The highest BCUT2D eigenvalue weighted by molar-refractivity contribution is 9.10. The molecule has 1 N–H and O–H groups in total. The molecule has 7 nitrogen and oxygen atoms in total. The highest BCUT2D eigenvalue weighted by Gasteiger charge is 2.37. The van der Waals surface area contributed by atoms with E-state index in [0.717, 1.165) is 0 Å². The fourth-order valence-electron chi connectivity index (χ4n) is 2.35. The maximum Gasteiger partial charge on any atom is 0.289 e. The number of rotatable bonds is 4. The Bertz CT molecular complexity index is 662. The second-order valence-corrected chi connectivity index (χ2v) is 7.84. The molecule has 0 spiro atoms. The molecule has 2 unspecified atom stereocenters. The highest BCUT2D eigenvalue weighted by atomic mass is 79.9. The molecule has 0 aromatic heterocycles. The van der Waals surface area contributed by atoms with E-state index in [2.05, 4.69) is 15.9 Å². The van der Waals surface area contributed by atoms with Crippen LogP contribution in [0.3, 0.4) is 0 Å². The standard InChI is InChI=1S/C12H15BrN2O5S/c1-8(16)9-4-5-14(7-9)21(19,20)12-6-10(13)2-3-11(12)15(17)18/h2-3,6,8-9,16H,4-5,7H2,1H3. The second kappa shape index (κ2) is 5.99. The predicted molar refractivity (Wildman–Crippen MR) is 79.3 cm³/mol. The predicted octanol–water partition coefficient (Wildman–Crippen LogP) is 1.75. The van der Waals surface area contributed by atoms with Crippen LogP contribution in [0.25, 0.3) is 0 Å². The van der Waals surface area contributed by atoms with E-state index in [-0.39, 0.29) is 23.9 Å². The summed E-state index contributed by atoms with van der Waals surface area (Å²) in [7, 11) is -3.95. The number of sulfonamides is 1. The van der Waals surface area contributed by atoms with Crippen molar-refractivity contribution in [3.8, 4) is 0 Å². The average Bonchev–Trinajstić information content (AvgIpc) is 2.88. The van der Waals surface area contributed by atoms with Crippen LogP contribution in [-0.2, 0) is 10.0 Å². The molecule has 9 heteroatoms. The Kier molecular flexibility index (Phi) is 4.66. The van der Waals surface area contributed by atoms with Crippen molar-refractivity contribution in [3.63, 3.8) is 0 Å². The monoisotopic (exact) mass is 378 g/mol. The molecule has 0 bridgehead atoms. The molecular formula is C12H15BrN2O5S. The van der Waals surface area contributed by atoms with Crippen molar-refractivity contribution in [1.29, 1.82) is 0 Å². The molecule has 116 valence electrons. The van der Waals surface area contributed by atoms with Crippen LogP contribution in [-0.4, -0.2) is 41.9 Å². The third kappa shape index (κ3) is 3.25. The number of hydrogen-bond acceptors (Lipinski definition) is 5. The Labute approximate surface area is 130 Å². The van der Waals surface area contributed by atoms with E-state index in [4.69, 9.17) is 0 Å². The van der Waals surface area contributed by atoms with Gasteiger partial charge in [0, 0.05) is 23.6 Å². The van der Waals surface area contributed by atoms with Crippen molar-refractivity contribution in [1.82, 2.24) is 4.31 Å². The zero-order valence-corrected chi connectivity index (χ0v) is 13.7. The summed E-state index contributed by atoms with van der Waals surface area (Å²) in [6.07, 6.45) is -0.0682. The van der Waals surface area contributed by atoms with Crippen LogP contribution in [0.4, 0.5) is 5.69 Å². The number of benzene rings is 1. The van der Waals surface area contributed by atoms with Gasteiger partial charge in [-0.3, -0.25) is 10.1 Å². The topological polar surface area (TPSA) is 101 Å². The van der Waals surface area contributed by atoms with Gasteiger partial charge in [-0.05, 0) is 31.4 Å². The van der Waals surface area contributed by atoms with Crippen LogP contribution in [0, 0.1) is 16.0 Å². The summed E-state index contributed by atoms with van der Waals surface area (Å²) >= 11 is 3.14. The van der Waals surface area contributed by atoms with Crippen molar-refractivity contribution in [2.75, 3.05) is 13.1 Å². The molecule has 0 saturated carbocycles. The second-order valence-electron chi connectivity index (χ2n) is 5.02. The van der Waals surface area contributed by atoms with E-state index in [0.29, 0.717) is 10.9 Å². The third-order valence-electron chi connectivity index (χ3n) is 3.61. The molecule has 0 amide bonds. The highest BCUT2D eigenvalue weighted by Crippen LogP contribution is 2.32. The summed E-state index contributed by atoms with van der Waals surface area (Å²) in [6, 6.07) is 3.84. The van der Waals surface area contributed by atoms with Crippen molar-refractivity contribution in [2.24, 2.45) is 5.92 Å². The Morgan fingerprint density at radius 2 is 2.19 bits per heavy atom. The Balaban J connectivity index is 2.41. The number of nitrogens with zero attached hydrogens (tertiary/aromatic N) is 2. The summed E-state index contributed by atoms with van der Waals surface area (Å²) in [5, 5.41) is 20.6. The maximum atomic E-state index is 12.6. The van der Waals surface area contributed by atoms with Crippen LogP contribution >= 0.6 is 15.9 Å². The van der Waals surface area contributed by atoms with Crippen molar-refractivity contribution in [3.05, 3.63) is 32.8 Å². The molecule has 1 aromatic carbocycles. The molecular weight excluding hydrogens is 364 g/mol. The Hall–Kier alpha value is -1.03. The molecule has 0 radical (unpaired) electrons. The quantitative estimate of drug-likeness (QED) is 0.635. The number of halogens is 1. The first kappa shape index (κ1) is 16.3. The number of nitro groups is 1. The van der Waals surface area contributed by atoms with Gasteiger partial charge in [-0.25, -0.2) is 8.42 Å². The van der Waals surface area contributed by atoms with Crippen LogP contribution in [0.5, 0.6) is 0 Å². The lowest BCUT2D eigenvalue weighted by Crippen LogP contribution is -2.31. The van der Waals surface area contributed by atoms with Crippen molar-refractivity contribution < 1.29 is 18.4 Å². The maximum absolute atomic E-state index is 12.6. The van der Waals surface area contributed by atoms with Gasteiger partial charge in [0.15, 0.2) is 4.90 Å². The van der Waals surface area contributed by atoms with E-state index in [9.17, 15) is 23.6 Å². The number of hydrogen-bond donors (Lipinski definition) is 1. The molecule has 1 heterocycles. The first-order chi connectivity index (χ1) is 9.73. The number of aliphatic hydroxyl groups is 1. The van der Waals surface area contributed by atoms with E-state index in [1.54, 1.807) is 6.92 Å². The zero-order chi connectivity index (χ0) is 15.8. The first-order valence-electron chi connectivity index (χ1n) is 6.35. The summed E-state index contributed by atoms with van der Waals surface area (Å²) in [5.41, 5.74) is -0.446. The molecule has 2 rings (SSSR count). The molecule has 1 aliphatic heterocycles.